The van der Waals surface area contributed by atoms with Gasteiger partial charge < -0.3 is 12.0 Å². The van der Waals surface area contributed by atoms with Crippen LogP contribution in [0.25, 0.3) is 0 Å². The summed E-state index contributed by atoms with van der Waals surface area (Å²) in [7, 11) is 0. The van der Waals surface area contributed by atoms with E-state index in [1.165, 1.54) is 25.7 Å². The maximum atomic E-state index is 12.7. The molecular weight excluding hydrogens is 445 g/mol. The van der Waals surface area contributed by atoms with Crippen molar-refractivity contribution in [2.75, 3.05) is 0 Å². The summed E-state index contributed by atoms with van der Waals surface area (Å²) in [5.41, 5.74) is 1.96. The van der Waals surface area contributed by atoms with Crippen LogP contribution in [0.5, 0.6) is 0 Å². The first-order valence-electron chi connectivity index (χ1n) is 10.9. The van der Waals surface area contributed by atoms with Crippen LogP contribution in [-0.2, 0) is 32.7 Å². The standard InChI is InChI=1S/C24H34ClO2.Y/c1-2-3-4-8-11-20-21(25)16-22(26)23(20)17-12-14-19(15-13-17)24(27)18-9-6-5-7-10-18;/h12-15,18,20-23,26H,1-11,16H2;/q-1;/t20?,21-,22-,23?;/m1./s1. The average Bonchev–Trinajstić information content (AvgIpc) is 2.98. The molecule has 1 radical (unpaired) electrons. The second kappa shape index (κ2) is 12.2. The summed E-state index contributed by atoms with van der Waals surface area (Å²) < 4.78 is 0. The van der Waals surface area contributed by atoms with Gasteiger partial charge in [-0.3, -0.25) is 4.79 Å². The van der Waals surface area contributed by atoms with E-state index in [2.05, 4.69) is 19.1 Å². The van der Waals surface area contributed by atoms with E-state index in [9.17, 15) is 9.90 Å². The predicted octanol–water partition coefficient (Wildman–Crippen LogP) is 6.30. The number of aliphatic hydroxyl groups excluding tert-OH is 1. The van der Waals surface area contributed by atoms with Crippen LogP contribution in [0.15, 0.2) is 24.3 Å². The molecule has 2 unspecified atom stereocenters. The minimum absolute atomic E-state index is 0. The molecule has 2 aliphatic rings. The molecule has 1 aromatic rings. The minimum atomic E-state index is -0.384. The van der Waals surface area contributed by atoms with Crippen molar-refractivity contribution in [1.29, 1.82) is 0 Å². The second-order valence-corrected chi connectivity index (χ2v) is 9.09. The predicted molar refractivity (Wildman–Crippen MR) is 112 cm³/mol. The molecule has 0 spiro atoms. The number of unbranched alkanes of at least 4 members (excludes halogenated alkanes) is 3. The zero-order chi connectivity index (χ0) is 19.2. The monoisotopic (exact) mass is 478 g/mol. The molecule has 0 aromatic heterocycles. The number of rotatable bonds is 8. The van der Waals surface area contributed by atoms with E-state index in [4.69, 9.17) is 11.6 Å². The van der Waals surface area contributed by atoms with E-state index in [0.29, 0.717) is 18.1 Å². The van der Waals surface area contributed by atoms with Gasteiger partial charge in [0.1, 0.15) is 0 Å². The third-order valence-corrected chi connectivity index (χ3v) is 7.15. The van der Waals surface area contributed by atoms with Gasteiger partial charge in [-0.05, 0) is 37.2 Å². The number of aliphatic hydroxyl groups is 1. The van der Waals surface area contributed by atoms with Crippen LogP contribution < -0.4 is 0 Å². The fraction of sp³-hybridized carbons (Fsp3) is 0.667. The number of Topliss-reactive ketones (excluding diaryl/α,β-unsaturated/α-hetero) is 1. The summed E-state index contributed by atoms with van der Waals surface area (Å²) in [5.74, 6) is 0.903. The molecule has 0 saturated heterocycles. The van der Waals surface area contributed by atoms with Crippen molar-refractivity contribution >= 4 is 17.4 Å². The van der Waals surface area contributed by atoms with Crippen LogP contribution in [0.3, 0.4) is 0 Å². The van der Waals surface area contributed by atoms with Crippen molar-refractivity contribution in [3.63, 3.8) is 0 Å². The molecule has 1 aromatic carbocycles. The molecule has 2 aliphatic carbocycles. The quantitative estimate of drug-likeness (QED) is 0.206. The Balaban J connectivity index is 0.00000280. The van der Waals surface area contributed by atoms with E-state index in [1.807, 2.05) is 12.1 Å². The topological polar surface area (TPSA) is 37.3 Å². The Hall–Kier alpha value is 0.244. The van der Waals surface area contributed by atoms with Crippen LogP contribution >= 0.6 is 11.6 Å². The van der Waals surface area contributed by atoms with Gasteiger partial charge in [-0.1, -0.05) is 62.8 Å². The number of carbonyl (C=O) groups is 1. The van der Waals surface area contributed by atoms with E-state index < -0.39 is 0 Å². The molecular formula is C24H34ClO2Y-. The van der Waals surface area contributed by atoms with Crippen LogP contribution in [-0.4, -0.2) is 22.4 Å². The minimum Gasteiger partial charge on any atom is -0.392 e. The number of hydrogen-bond acceptors (Lipinski definition) is 2. The molecule has 0 amide bonds. The van der Waals surface area contributed by atoms with Gasteiger partial charge in [0.05, 0.1) is 6.10 Å². The molecule has 0 aliphatic heterocycles. The number of alkyl halides is 1. The molecule has 2 fully saturated rings. The van der Waals surface area contributed by atoms with Crippen LogP contribution in [0.4, 0.5) is 0 Å². The first-order chi connectivity index (χ1) is 13.1. The van der Waals surface area contributed by atoms with Crippen molar-refractivity contribution in [2.45, 2.75) is 88.0 Å². The third kappa shape index (κ3) is 6.13. The van der Waals surface area contributed by atoms with E-state index in [0.717, 1.165) is 49.7 Å². The van der Waals surface area contributed by atoms with Crippen LogP contribution in [0.2, 0.25) is 0 Å². The molecule has 4 atom stereocenters. The molecule has 0 heterocycles. The fourth-order valence-corrected chi connectivity index (χ4v) is 5.56. The summed E-state index contributed by atoms with van der Waals surface area (Å²) >= 11 is 6.59. The average molecular weight is 479 g/mol. The Morgan fingerprint density at radius 1 is 1.07 bits per heavy atom. The Labute approximate surface area is 201 Å². The number of carbonyl (C=O) groups excluding carboxylic acids is 1. The summed E-state index contributed by atoms with van der Waals surface area (Å²) in [6.45, 7) is 3.91. The number of ketones is 1. The molecule has 0 bridgehead atoms. The van der Waals surface area contributed by atoms with Gasteiger partial charge >= 0.3 is 0 Å². The Morgan fingerprint density at radius 2 is 1.75 bits per heavy atom. The van der Waals surface area contributed by atoms with E-state index in [1.54, 1.807) is 0 Å². The van der Waals surface area contributed by atoms with Crippen molar-refractivity contribution in [2.24, 2.45) is 11.8 Å². The van der Waals surface area contributed by atoms with Gasteiger partial charge in [0.15, 0.2) is 5.78 Å². The first kappa shape index (κ1) is 24.5. The zero-order valence-electron chi connectivity index (χ0n) is 17.0. The van der Waals surface area contributed by atoms with Crippen LogP contribution in [0.1, 0.15) is 92.5 Å². The first-order valence-corrected chi connectivity index (χ1v) is 11.3. The van der Waals surface area contributed by atoms with Gasteiger partial charge in [-0.25, -0.2) is 0 Å². The van der Waals surface area contributed by atoms with Gasteiger partial charge in [-0.15, -0.1) is 11.6 Å². The van der Waals surface area contributed by atoms with Gasteiger partial charge in [0.2, 0.25) is 0 Å². The molecule has 3 rings (SSSR count). The fourth-order valence-electron chi connectivity index (χ4n) is 5.10. The molecule has 153 valence electrons. The molecule has 1 N–H and O–H groups in total. The van der Waals surface area contributed by atoms with Crippen molar-refractivity contribution < 1.29 is 42.6 Å². The van der Waals surface area contributed by atoms with Gasteiger partial charge in [0.25, 0.3) is 0 Å². The molecule has 2 nitrogen and oxygen atoms in total. The summed E-state index contributed by atoms with van der Waals surface area (Å²) in [4.78, 5) is 12.7. The normalized spacial score (nSPS) is 28.1. The van der Waals surface area contributed by atoms with Crippen molar-refractivity contribution in [3.05, 3.63) is 42.3 Å². The number of halogens is 1. The maximum Gasteiger partial charge on any atom is 0.165 e. The third-order valence-electron chi connectivity index (χ3n) is 6.65. The van der Waals surface area contributed by atoms with Crippen molar-refractivity contribution in [3.8, 4) is 0 Å². The Kier molecular flexibility index (Phi) is 10.7. The summed E-state index contributed by atoms with van der Waals surface area (Å²) in [5, 5.41) is 10.6. The van der Waals surface area contributed by atoms with E-state index >= 15 is 0 Å². The SMILES string of the molecule is [CH2-]CCCCCC1C(c2ccc(C(=O)C3CCCCC3)cc2)[C@H](O)C[C@H]1Cl.[Y]. The smallest absolute Gasteiger partial charge is 0.165 e. The van der Waals surface area contributed by atoms with Gasteiger partial charge in [-0.2, -0.15) is 6.42 Å². The molecule has 28 heavy (non-hydrogen) atoms. The Bertz CT molecular complexity index is 597. The molecule has 2 saturated carbocycles. The van der Waals surface area contributed by atoms with Crippen molar-refractivity contribution in [1.82, 2.24) is 0 Å². The number of benzene rings is 1. The largest absolute Gasteiger partial charge is 0.392 e. The summed E-state index contributed by atoms with van der Waals surface area (Å²) in [6.07, 6.45) is 11.5. The second-order valence-electron chi connectivity index (χ2n) is 8.53. The Morgan fingerprint density at radius 3 is 2.39 bits per heavy atom. The maximum absolute atomic E-state index is 12.7. The van der Waals surface area contributed by atoms with E-state index in [-0.39, 0.29) is 56.0 Å². The number of hydrogen-bond donors (Lipinski definition) is 1. The van der Waals surface area contributed by atoms with Crippen LogP contribution in [0, 0.1) is 18.8 Å². The molecule has 4 heteroatoms. The zero-order valence-corrected chi connectivity index (χ0v) is 20.6. The van der Waals surface area contributed by atoms with Gasteiger partial charge in [0, 0.05) is 55.5 Å². The summed E-state index contributed by atoms with van der Waals surface area (Å²) in [6, 6.07) is 8.06.